The number of hydrogen-bond donors (Lipinski definition) is 1. The zero-order valence-electron chi connectivity index (χ0n) is 14.1. The molecule has 4 heteroatoms. The molecule has 1 aromatic carbocycles. The van der Waals surface area contributed by atoms with Gasteiger partial charge in [0.2, 0.25) is 0 Å². The van der Waals surface area contributed by atoms with Crippen LogP contribution < -0.4 is 0 Å². The number of fused-ring (bicyclic) bond motifs is 1. The molecule has 0 radical (unpaired) electrons. The largest absolute Gasteiger partial charge is 0.478 e. The first-order valence-corrected chi connectivity index (χ1v) is 8.74. The van der Waals surface area contributed by atoms with Gasteiger partial charge in [-0.3, -0.25) is 0 Å². The summed E-state index contributed by atoms with van der Waals surface area (Å²) < 4.78 is 2.09. The lowest BCUT2D eigenvalue weighted by atomic mass is 10.0. The quantitative estimate of drug-likeness (QED) is 0.887. The minimum Gasteiger partial charge on any atom is -0.478 e. The second-order valence-electron chi connectivity index (χ2n) is 6.44. The molecule has 0 bridgehead atoms. The molecular weight excluding hydrogens is 288 g/mol. The highest BCUT2D eigenvalue weighted by molar-refractivity contribution is 6.03. The molecule has 1 N–H and O–H groups in total. The van der Waals surface area contributed by atoms with E-state index in [0.29, 0.717) is 5.56 Å². The number of benzene rings is 1. The molecule has 0 unspecified atom stereocenters. The predicted octanol–water partition coefficient (Wildman–Crippen LogP) is 3.56. The highest BCUT2D eigenvalue weighted by Gasteiger charge is 2.18. The van der Waals surface area contributed by atoms with Crippen LogP contribution in [-0.4, -0.2) is 40.2 Å². The zero-order chi connectivity index (χ0) is 16.4. The number of carboxylic acid groups (broad SMARTS) is 1. The summed E-state index contributed by atoms with van der Waals surface area (Å²) in [6, 6.07) is 4.02. The first kappa shape index (κ1) is 16.1. The van der Waals surface area contributed by atoms with Gasteiger partial charge in [0.1, 0.15) is 0 Å². The van der Waals surface area contributed by atoms with Crippen molar-refractivity contribution in [2.45, 2.75) is 46.1 Å². The molecule has 2 heterocycles. The van der Waals surface area contributed by atoms with Gasteiger partial charge in [0.05, 0.1) is 11.1 Å². The lowest BCUT2D eigenvalue weighted by Crippen LogP contribution is -2.21. The van der Waals surface area contributed by atoms with Crippen LogP contribution in [0.2, 0.25) is 0 Å². The molecule has 3 rings (SSSR count). The Morgan fingerprint density at radius 3 is 2.57 bits per heavy atom. The van der Waals surface area contributed by atoms with Crippen LogP contribution in [0.15, 0.2) is 18.3 Å². The van der Waals surface area contributed by atoms with Crippen LogP contribution in [0.4, 0.5) is 0 Å². The topological polar surface area (TPSA) is 45.5 Å². The van der Waals surface area contributed by atoms with Crippen molar-refractivity contribution in [1.82, 2.24) is 9.47 Å². The molecule has 0 atom stereocenters. The maximum Gasteiger partial charge on any atom is 0.337 e. The first-order chi connectivity index (χ1) is 11.1. The molecule has 1 aliphatic rings. The molecule has 0 spiro atoms. The molecule has 4 nitrogen and oxygen atoms in total. The van der Waals surface area contributed by atoms with Crippen LogP contribution in [0.3, 0.4) is 0 Å². The van der Waals surface area contributed by atoms with Gasteiger partial charge in [-0.15, -0.1) is 0 Å². The van der Waals surface area contributed by atoms with Crippen molar-refractivity contribution in [2.75, 3.05) is 19.6 Å². The molecule has 2 aromatic rings. The fraction of sp³-hybridized carbons (Fsp3) is 0.526. The Labute approximate surface area is 137 Å². The molecule has 0 aliphatic carbocycles. The van der Waals surface area contributed by atoms with Gasteiger partial charge in [-0.2, -0.15) is 0 Å². The van der Waals surface area contributed by atoms with E-state index in [-0.39, 0.29) is 0 Å². The van der Waals surface area contributed by atoms with Crippen LogP contribution in [-0.2, 0) is 19.4 Å². The van der Waals surface area contributed by atoms with Gasteiger partial charge in [-0.05, 0) is 69.0 Å². The Balaban J connectivity index is 2.03. The number of rotatable bonds is 6. The van der Waals surface area contributed by atoms with Crippen LogP contribution >= 0.6 is 0 Å². The number of carboxylic acids is 1. The second kappa shape index (κ2) is 6.75. The van der Waals surface area contributed by atoms with Crippen molar-refractivity contribution < 1.29 is 9.90 Å². The number of aromatic carboxylic acids is 1. The fourth-order valence-electron chi connectivity index (χ4n) is 3.67. The van der Waals surface area contributed by atoms with E-state index in [2.05, 4.69) is 35.6 Å². The molecule has 1 saturated heterocycles. The average Bonchev–Trinajstić information content (AvgIpc) is 3.19. The molecule has 23 heavy (non-hydrogen) atoms. The van der Waals surface area contributed by atoms with Gasteiger partial charge in [0.15, 0.2) is 0 Å². The van der Waals surface area contributed by atoms with Crippen molar-refractivity contribution in [3.05, 3.63) is 35.0 Å². The average molecular weight is 314 g/mol. The number of aryl methyl sites for hydroxylation is 2. The second-order valence-corrected chi connectivity index (χ2v) is 6.44. The van der Waals surface area contributed by atoms with Crippen LogP contribution in [0.25, 0.3) is 10.9 Å². The summed E-state index contributed by atoms with van der Waals surface area (Å²) in [5.74, 6) is -0.829. The molecular formula is C19H26N2O2. The summed E-state index contributed by atoms with van der Waals surface area (Å²) in [5, 5.41) is 10.7. The maximum absolute atomic E-state index is 11.7. The lowest BCUT2D eigenvalue weighted by Gasteiger charge is -2.13. The summed E-state index contributed by atoms with van der Waals surface area (Å²) in [5.41, 5.74) is 3.71. The van der Waals surface area contributed by atoms with Gasteiger partial charge in [-0.25, -0.2) is 4.79 Å². The standard InChI is InChI=1S/C19H26N2O2/c1-3-14-11-16-15(7-10-20-8-5-6-9-20)13-21(4-2)18(16)17(12-14)19(22)23/h11-13H,3-10H2,1-2H3,(H,22,23). The van der Waals surface area contributed by atoms with E-state index in [9.17, 15) is 9.90 Å². The summed E-state index contributed by atoms with van der Waals surface area (Å²) in [4.78, 5) is 14.2. The normalized spacial score (nSPS) is 15.6. The number of likely N-dealkylation sites (tertiary alicyclic amines) is 1. The van der Waals surface area contributed by atoms with Crippen molar-refractivity contribution in [3.63, 3.8) is 0 Å². The molecule has 1 fully saturated rings. The highest BCUT2D eigenvalue weighted by Crippen LogP contribution is 2.28. The van der Waals surface area contributed by atoms with Crippen molar-refractivity contribution in [2.24, 2.45) is 0 Å². The Morgan fingerprint density at radius 2 is 1.96 bits per heavy atom. The monoisotopic (exact) mass is 314 g/mol. The lowest BCUT2D eigenvalue weighted by molar-refractivity contribution is 0.0698. The van der Waals surface area contributed by atoms with Crippen molar-refractivity contribution >= 4 is 16.9 Å². The third kappa shape index (κ3) is 3.13. The third-order valence-corrected chi connectivity index (χ3v) is 4.99. The third-order valence-electron chi connectivity index (χ3n) is 4.99. The SMILES string of the molecule is CCc1cc(C(=O)O)c2c(c1)c(CCN1CCCC1)cn2CC. The van der Waals surface area contributed by atoms with E-state index < -0.39 is 5.97 Å². The van der Waals surface area contributed by atoms with Gasteiger partial charge < -0.3 is 14.6 Å². The van der Waals surface area contributed by atoms with Crippen LogP contribution in [0.5, 0.6) is 0 Å². The number of hydrogen-bond acceptors (Lipinski definition) is 2. The zero-order valence-corrected chi connectivity index (χ0v) is 14.1. The summed E-state index contributed by atoms with van der Waals surface area (Å²) >= 11 is 0. The van der Waals surface area contributed by atoms with E-state index in [1.54, 1.807) is 0 Å². The van der Waals surface area contributed by atoms with Gasteiger partial charge >= 0.3 is 5.97 Å². The van der Waals surface area contributed by atoms with Crippen LogP contribution in [0, 0.1) is 0 Å². The van der Waals surface area contributed by atoms with Gasteiger partial charge in [0, 0.05) is 24.7 Å². The molecule has 1 aliphatic heterocycles. The summed E-state index contributed by atoms with van der Waals surface area (Å²) in [6.07, 6.45) is 6.63. The number of carbonyl (C=O) groups is 1. The van der Waals surface area contributed by atoms with Gasteiger partial charge in [-0.1, -0.05) is 6.92 Å². The van der Waals surface area contributed by atoms with Gasteiger partial charge in [0.25, 0.3) is 0 Å². The minimum atomic E-state index is -0.829. The van der Waals surface area contributed by atoms with Crippen molar-refractivity contribution in [3.8, 4) is 0 Å². The summed E-state index contributed by atoms with van der Waals surface area (Å²) in [6.45, 7) is 8.42. The molecule has 0 saturated carbocycles. The maximum atomic E-state index is 11.7. The van der Waals surface area contributed by atoms with Crippen LogP contribution in [0.1, 0.15) is 48.2 Å². The highest BCUT2D eigenvalue weighted by atomic mass is 16.4. The molecule has 0 amide bonds. The van der Waals surface area contributed by atoms with E-state index in [1.807, 2.05) is 6.07 Å². The Hall–Kier alpha value is -1.81. The molecule has 1 aromatic heterocycles. The van der Waals surface area contributed by atoms with Crippen molar-refractivity contribution in [1.29, 1.82) is 0 Å². The number of aromatic nitrogens is 1. The first-order valence-electron chi connectivity index (χ1n) is 8.74. The van der Waals surface area contributed by atoms with E-state index in [1.165, 1.54) is 31.5 Å². The van der Waals surface area contributed by atoms with E-state index in [4.69, 9.17) is 0 Å². The Kier molecular flexibility index (Phi) is 4.71. The minimum absolute atomic E-state index is 0.439. The van der Waals surface area contributed by atoms with E-state index in [0.717, 1.165) is 42.4 Å². The molecule has 124 valence electrons. The smallest absolute Gasteiger partial charge is 0.337 e. The van der Waals surface area contributed by atoms with E-state index >= 15 is 0 Å². The number of nitrogens with zero attached hydrogens (tertiary/aromatic N) is 2. The Bertz CT molecular complexity index is 712. The predicted molar refractivity (Wildman–Crippen MR) is 93.3 cm³/mol. The Morgan fingerprint density at radius 1 is 1.22 bits per heavy atom. The summed E-state index contributed by atoms with van der Waals surface area (Å²) in [7, 11) is 0. The fourth-order valence-corrected chi connectivity index (χ4v) is 3.67.